The highest BCUT2D eigenvalue weighted by Crippen LogP contribution is 2.13. The lowest BCUT2D eigenvalue weighted by Gasteiger charge is -2.04. The van der Waals surface area contributed by atoms with Gasteiger partial charge in [-0.3, -0.25) is 4.40 Å². The first-order chi connectivity index (χ1) is 6.18. The molecule has 2 aromatic heterocycles. The normalized spacial score (nSPS) is 11.3. The van der Waals surface area contributed by atoms with Crippen molar-refractivity contribution >= 4 is 11.7 Å². The quantitative estimate of drug-likeness (QED) is 0.700. The minimum Gasteiger partial charge on any atom is -0.368 e. The topological polar surface area (TPSA) is 69.1 Å². The first-order valence-corrected chi connectivity index (χ1v) is 4.14. The molecule has 0 unspecified atom stereocenters. The van der Waals surface area contributed by atoms with Crippen LogP contribution >= 0.6 is 0 Å². The molecule has 0 saturated heterocycles. The van der Waals surface area contributed by atoms with Crippen LogP contribution in [0.2, 0.25) is 0 Å². The molecule has 13 heavy (non-hydrogen) atoms. The SMILES string of the molecule is CC(C)c1cnc2nnc(N)n2c1. The predicted octanol–water partition coefficient (Wildman–Crippen LogP) is 0.830. The summed E-state index contributed by atoms with van der Waals surface area (Å²) in [4.78, 5) is 4.13. The van der Waals surface area contributed by atoms with E-state index < -0.39 is 0 Å². The highest BCUT2D eigenvalue weighted by Gasteiger charge is 2.05. The summed E-state index contributed by atoms with van der Waals surface area (Å²) in [5.41, 5.74) is 6.72. The van der Waals surface area contributed by atoms with Gasteiger partial charge in [0.2, 0.25) is 5.95 Å². The number of nitrogens with two attached hydrogens (primary N) is 1. The van der Waals surface area contributed by atoms with Crippen LogP contribution in [0.3, 0.4) is 0 Å². The van der Waals surface area contributed by atoms with E-state index in [1.807, 2.05) is 6.20 Å². The summed E-state index contributed by atoms with van der Waals surface area (Å²) < 4.78 is 1.69. The van der Waals surface area contributed by atoms with Crippen LogP contribution in [-0.2, 0) is 0 Å². The third-order valence-electron chi connectivity index (χ3n) is 1.98. The van der Waals surface area contributed by atoms with E-state index in [1.165, 1.54) is 0 Å². The maximum atomic E-state index is 5.59. The zero-order valence-corrected chi connectivity index (χ0v) is 7.60. The fourth-order valence-corrected chi connectivity index (χ4v) is 1.12. The van der Waals surface area contributed by atoms with Crippen molar-refractivity contribution in [2.24, 2.45) is 0 Å². The third-order valence-corrected chi connectivity index (χ3v) is 1.98. The molecular weight excluding hydrogens is 166 g/mol. The number of nitrogens with zero attached hydrogens (tertiary/aromatic N) is 4. The lowest BCUT2D eigenvalue weighted by molar-refractivity contribution is 0.842. The van der Waals surface area contributed by atoms with Gasteiger partial charge in [0.05, 0.1) is 0 Å². The second-order valence-electron chi connectivity index (χ2n) is 3.27. The van der Waals surface area contributed by atoms with Gasteiger partial charge in [-0.25, -0.2) is 4.98 Å². The van der Waals surface area contributed by atoms with Gasteiger partial charge in [-0.1, -0.05) is 13.8 Å². The van der Waals surface area contributed by atoms with E-state index in [0.29, 0.717) is 17.6 Å². The van der Waals surface area contributed by atoms with Crippen molar-refractivity contribution in [3.05, 3.63) is 18.0 Å². The van der Waals surface area contributed by atoms with Crippen LogP contribution < -0.4 is 5.73 Å². The zero-order chi connectivity index (χ0) is 9.42. The molecule has 0 radical (unpaired) electrons. The molecule has 0 aliphatic rings. The zero-order valence-electron chi connectivity index (χ0n) is 7.60. The first-order valence-electron chi connectivity index (χ1n) is 4.14. The van der Waals surface area contributed by atoms with Crippen LogP contribution in [-0.4, -0.2) is 19.6 Å². The fraction of sp³-hybridized carbons (Fsp3) is 0.375. The summed E-state index contributed by atoms with van der Waals surface area (Å²) in [6.07, 6.45) is 3.72. The predicted molar refractivity (Wildman–Crippen MR) is 49.3 cm³/mol. The Bertz CT molecular complexity index is 431. The Morgan fingerprint density at radius 2 is 2.15 bits per heavy atom. The van der Waals surface area contributed by atoms with Crippen molar-refractivity contribution in [2.75, 3.05) is 5.73 Å². The van der Waals surface area contributed by atoms with Gasteiger partial charge >= 0.3 is 0 Å². The lowest BCUT2D eigenvalue weighted by atomic mass is 10.1. The van der Waals surface area contributed by atoms with Gasteiger partial charge in [0, 0.05) is 12.4 Å². The molecule has 2 aromatic rings. The molecule has 5 nitrogen and oxygen atoms in total. The van der Waals surface area contributed by atoms with Crippen LogP contribution in [0.5, 0.6) is 0 Å². The lowest BCUT2D eigenvalue weighted by Crippen LogP contribution is -1.98. The van der Waals surface area contributed by atoms with Crippen molar-refractivity contribution in [1.29, 1.82) is 0 Å². The molecule has 0 atom stereocenters. The van der Waals surface area contributed by atoms with E-state index in [1.54, 1.807) is 10.6 Å². The molecule has 0 saturated carbocycles. The van der Waals surface area contributed by atoms with Gasteiger partial charge in [-0.2, -0.15) is 0 Å². The highest BCUT2D eigenvalue weighted by atomic mass is 15.3. The summed E-state index contributed by atoms with van der Waals surface area (Å²) in [6.45, 7) is 4.20. The Kier molecular flexibility index (Phi) is 1.65. The highest BCUT2D eigenvalue weighted by molar-refractivity contribution is 5.36. The molecule has 0 aliphatic carbocycles. The Morgan fingerprint density at radius 3 is 2.85 bits per heavy atom. The summed E-state index contributed by atoms with van der Waals surface area (Å²) in [6, 6.07) is 0. The number of fused-ring (bicyclic) bond motifs is 1. The van der Waals surface area contributed by atoms with Crippen LogP contribution in [0.15, 0.2) is 12.4 Å². The van der Waals surface area contributed by atoms with E-state index in [4.69, 9.17) is 5.73 Å². The minimum atomic E-state index is 0.380. The van der Waals surface area contributed by atoms with Gasteiger partial charge in [0.15, 0.2) is 0 Å². The molecule has 2 heterocycles. The molecule has 68 valence electrons. The largest absolute Gasteiger partial charge is 0.368 e. The van der Waals surface area contributed by atoms with E-state index >= 15 is 0 Å². The second kappa shape index (κ2) is 2.69. The maximum absolute atomic E-state index is 5.59. The monoisotopic (exact) mass is 177 g/mol. The molecule has 2 N–H and O–H groups in total. The molecule has 0 aromatic carbocycles. The van der Waals surface area contributed by atoms with Crippen molar-refractivity contribution in [1.82, 2.24) is 19.6 Å². The number of hydrogen-bond donors (Lipinski definition) is 1. The smallest absolute Gasteiger partial charge is 0.256 e. The molecule has 0 bridgehead atoms. The fourth-order valence-electron chi connectivity index (χ4n) is 1.12. The van der Waals surface area contributed by atoms with Crippen LogP contribution in [0, 0.1) is 0 Å². The van der Waals surface area contributed by atoms with Crippen LogP contribution in [0.4, 0.5) is 5.95 Å². The van der Waals surface area contributed by atoms with E-state index in [-0.39, 0.29) is 0 Å². The third kappa shape index (κ3) is 1.22. The van der Waals surface area contributed by atoms with Gasteiger partial charge < -0.3 is 5.73 Å². The standard InChI is InChI=1S/C8H11N5/c1-5(2)6-3-10-8-12-11-7(9)13(8)4-6/h3-5H,1-2H3,(H2,9,11). The summed E-state index contributed by atoms with van der Waals surface area (Å²) in [7, 11) is 0. The van der Waals surface area contributed by atoms with Crippen LogP contribution in [0.25, 0.3) is 5.78 Å². The van der Waals surface area contributed by atoms with E-state index in [9.17, 15) is 0 Å². The molecule has 0 aliphatic heterocycles. The molecular formula is C8H11N5. The van der Waals surface area contributed by atoms with Crippen LogP contribution in [0.1, 0.15) is 25.3 Å². The van der Waals surface area contributed by atoms with Gasteiger partial charge in [-0.05, 0) is 11.5 Å². The Hall–Kier alpha value is -1.65. The van der Waals surface area contributed by atoms with Gasteiger partial charge in [-0.15, -0.1) is 10.2 Å². The maximum Gasteiger partial charge on any atom is 0.256 e. The molecule has 5 heteroatoms. The number of hydrogen-bond acceptors (Lipinski definition) is 4. The Labute approximate surface area is 75.6 Å². The number of nitrogen functional groups attached to an aromatic ring is 1. The van der Waals surface area contributed by atoms with Crippen molar-refractivity contribution in [2.45, 2.75) is 19.8 Å². The first kappa shape index (κ1) is 7.97. The van der Waals surface area contributed by atoms with Crippen molar-refractivity contribution in [3.8, 4) is 0 Å². The van der Waals surface area contributed by atoms with Crippen molar-refractivity contribution in [3.63, 3.8) is 0 Å². The van der Waals surface area contributed by atoms with E-state index in [2.05, 4.69) is 29.0 Å². The second-order valence-corrected chi connectivity index (χ2v) is 3.27. The summed E-state index contributed by atoms with van der Waals surface area (Å²) in [5.74, 6) is 1.35. The summed E-state index contributed by atoms with van der Waals surface area (Å²) >= 11 is 0. The minimum absolute atomic E-state index is 0.380. The van der Waals surface area contributed by atoms with Gasteiger partial charge in [0.25, 0.3) is 5.78 Å². The number of aromatic nitrogens is 4. The summed E-state index contributed by atoms with van der Waals surface area (Å²) in [5, 5.41) is 7.52. The average Bonchev–Trinajstić information content (AvgIpc) is 2.47. The Morgan fingerprint density at radius 1 is 1.38 bits per heavy atom. The number of anilines is 1. The molecule has 2 rings (SSSR count). The van der Waals surface area contributed by atoms with Gasteiger partial charge in [0.1, 0.15) is 0 Å². The van der Waals surface area contributed by atoms with E-state index in [0.717, 1.165) is 5.56 Å². The number of rotatable bonds is 1. The molecule has 0 fully saturated rings. The average molecular weight is 177 g/mol. The van der Waals surface area contributed by atoms with Crippen molar-refractivity contribution < 1.29 is 0 Å². The Balaban J connectivity index is 2.66. The molecule has 0 amide bonds. The molecule has 0 spiro atoms.